The lowest BCUT2D eigenvalue weighted by molar-refractivity contribution is -0.118. The molecule has 25 heavy (non-hydrogen) atoms. The van der Waals surface area contributed by atoms with E-state index in [2.05, 4.69) is 21.6 Å². The summed E-state index contributed by atoms with van der Waals surface area (Å²) < 4.78 is 0. The Morgan fingerprint density at radius 2 is 1.88 bits per heavy atom. The Kier molecular flexibility index (Phi) is 5.50. The average molecular weight is 348 g/mol. The largest absolute Gasteiger partial charge is 0.351 e. The molecule has 0 saturated heterocycles. The molecule has 0 spiro atoms. The van der Waals surface area contributed by atoms with Gasteiger partial charge in [-0.1, -0.05) is 24.3 Å². The van der Waals surface area contributed by atoms with Crippen LogP contribution in [0, 0.1) is 11.3 Å². The van der Waals surface area contributed by atoms with E-state index in [1.54, 1.807) is 18.3 Å². The Labute approximate surface area is 150 Å². The van der Waals surface area contributed by atoms with Crippen LogP contribution in [-0.2, 0) is 11.3 Å². The van der Waals surface area contributed by atoms with Crippen molar-refractivity contribution in [1.82, 2.24) is 15.5 Å². The van der Waals surface area contributed by atoms with Crippen LogP contribution in [0.15, 0.2) is 65.7 Å². The minimum absolute atomic E-state index is 0.0213. The second-order valence-electron chi connectivity index (χ2n) is 5.37. The topological polar surface area (TPSA) is 81.6 Å². The molecule has 124 valence electrons. The molecule has 0 aliphatic heterocycles. The van der Waals surface area contributed by atoms with Crippen LogP contribution in [-0.4, -0.2) is 21.9 Å². The van der Waals surface area contributed by atoms with Crippen molar-refractivity contribution in [2.45, 2.75) is 11.4 Å². The number of carbonyl (C=O) groups is 1. The number of aromatic amines is 1. The van der Waals surface area contributed by atoms with Gasteiger partial charge in [0.1, 0.15) is 0 Å². The van der Waals surface area contributed by atoms with Crippen LogP contribution in [0.3, 0.4) is 0 Å². The number of nitrogens with zero attached hydrogens (tertiary/aromatic N) is 2. The minimum Gasteiger partial charge on any atom is -0.351 e. The molecular weight excluding hydrogens is 332 g/mol. The Morgan fingerprint density at radius 1 is 1.12 bits per heavy atom. The number of hydrogen-bond acceptors (Lipinski definition) is 4. The average Bonchev–Trinajstić information content (AvgIpc) is 3.20. The molecule has 2 N–H and O–H groups in total. The van der Waals surface area contributed by atoms with E-state index in [-0.39, 0.29) is 5.91 Å². The first-order valence-corrected chi connectivity index (χ1v) is 8.71. The number of hydrogen-bond donors (Lipinski definition) is 2. The third-order valence-electron chi connectivity index (χ3n) is 3.61. The lowest BCUT2D eigenvalue weighted by atomic mass is 10.1. The Balaban J connectivity index is 1.46. The number of rotatable bonds is 6. The van der Waals surface area contributed by atoms with Gasteiger partial charge in [0.2, 0.25) is 5.91 Å². The molecule has 5 nitrogen and oxygen atoms in total. The number of nitriles is 1. The lowest BCUT2D eigenvalue weighted by Gasteiger charge is -2.06. The molecule has 2 aromatic carbocycles. The van der Waals surface area contributed by atoms with Gasteiger partial charge in [-0.2, -0.15) is 10.4 Å². The summed E-state index contributed by atoms with van der Waals surface area (Å²) in [5.41, 5.74) is 3.69. The lowest BCUT2D eigenvalue weighted by Crippen LogP contribution is -2.24. The SMILES string of the molecule is N#Cc1ccc(SCC(=O)NCc2ccc(-c3ccn[nH]3)cc2)cc1. The maximum Gasteiger partial charge on any atom is 0.230 e. The maximum atomic E-state index is 12.0. The van der Waals surface area contributed by atoms with Gasteiger partial charge in [-0.15, -0.1) is 11.8 Å². The van der Waals surface area contributed by atoms with Gasteiger partial charge < -0.3 is 5.32 Å². The highest BCUT2D eigenvalue weighted by Gasteiger charge is 2.04. The quantitative estimate of drug-likeness (QED) is 0.669. The number of aromatic nitrogens is 2. The van der Waals surface area contributed by atoms with Crippen molar-refractivity contribution in [3.8, 4) is 17.3 Å². The van der Waals surface area contributed by atoms with E-state index in [1.807, 2.05) is 42.5 Å². The van der Waals surface area contributed by atoms with Crippen molar-refractivity contribution in [2.75, 3.05) is 5.75 Å². The Bertz CT molecular complexity index is 865. The molecule has 0 radical (unpaired) electrons. The number of H-pyrrole nitrogens is 1. The molecule has 3 rings (SSSR count). The zero-order chi connectivity index (χ0) is 17.5. The maximum absolute atomic E-state index is 12.0. The summed E-state index contributed by atoms with van der Waals surface area (Å²) in [5, 5.41) is 18.5. The van der Waals surface area contributed by atoms with Crippen LogP contribution in [0.1, 0.15) is 11.1 Å². The van der Waals surface area contributed by atoms with E-state index in [0.29, 0.717) is 17.9 Å². The molecule has 0 aliphatic rings. The van der Waals surface area contributed by atoms with Crippen LogP contribution < -0.4 is 5.32 Å². The van der Waals surface area contributed by atoms with Gasteiger partial charge in [0.05, 0.1) is 23.1 Å². The van der Waals surface area contributed by atoms with Gasteiger partial charge in [0.25, 0.3) is 0 Å². The van der Waals surface area contributed by atoms with Gasteiger partial charge in [0, 0.05) is 17.6 Å². The molecule has 0 saturated carbocycles. The molecule has 1 heterocycles. The highest BCUT2D eigenvalue weighted by atomic mass is 32.2. The third kappa shape index (κ3) is 4.72. The van der Waals surface area contributed by atoms with Crippen LogP contribution in [0.4, 0.5) is 0 Å². The van der Waals surface area contributed by atoms with Crippen molar-refractivity contribution < 1.29 is 4.79 Å². The van der Waals surface area contributed by atoms with E-state index in [1.165, 1.54) is 11.8 Å². The molecule has 1 aromatic heterocycles. The summed E-state index contributed by atoms with van der Waals surface area (Å²) in [4.78, 5) is 12.9. The first-order chi connectivity index (χ1) is 12.2. The van der Waals surface area contributed by atoms with Gasteiger partial charge in [0.15, 0.2) is 0 Å². The Hall–Kier alpha value is -3.04. The van der Waals surface area contributed by atoms with Crippen molar-refractivity contribution in [2.24, 2.45) is 0 Å². The number of carbonyl (C=O) groups excluding carboxylic acids is 1. The standard InChI is InChI=1S/C19H16N4OS/c20-11-14-3-7-17(8-4-14)25-13-19(24)21-12-15-1-5-16(6-2-15)18-9-10-22-23-18/h1-10H,12-13H2,(H,21,24)(H,22,23). The summed E-state index contributed by atoms with van der Waals surface area (Å²) in [6.45, 7) is 0.496. The normalized spacial score (nSPS) is 10.2. The molecule has 1 amide bonds. The molecular formula is C19H16N4OS. The monoisotopic (exact) mass is 348 g/mol. The minimum atomic E-state index is -0.0213. The highest BCUT2D eigenvalue weighted by molar-refractivity contribution is 8.00. The summed E-state index contributed by atoms with van der Waals surface area (Å²) in [6, 6.07) is 19.2. The molecule has 6 heteroatoms. The number of benzene rings is 2. The van der Waals surface area contributed by atoms with Gasteiger partial charge in [-0.25, -0.2) is 0 Å². The molecule has 3 aromatic rings. The second kappa shape index (κ2) is 8.18. The van der Waals surface area contributed by atoms with Gasteiger partial charge >= 0.3 is 0 Å². The second-order valence-corrected chi connectivity index (χ2v) is 6.42. The summed E-state index contributed by atoms with van der Waals surface area (Å²) in [5.74, 6) is 0.324. The van der Waals surface area contributed by atoms with Gasteiger partial charge in [-0.05, 0) is 41.5 Å². The number of nitrogens with one attached hydrogen (secondary N) is 2. The van der Waals surface area contributed by atoms with E-state index in [0.717, 1.165) is 21.7 Å². The predicted molar refractivity (Wildman–Crippen MR) is 97.8 cm³/mol. The summed E-state index contributed by atoms with van der Waals surface area (Å²) in [6.07, 6.45) is 1.72. The number of thioether (sulfide) groups is 1. The van der Waals surface area contributed by atoms with Gasteiger partial charge in [-0.3, -0.25) is 9.89 Å². The van der Waals surface area contributed by atoms with E-state index >= 15 is 0 Å². The van der Waals surface area contributed by atoms with Crippen LogP contribution in [0.2, 0.25) is 0 Å². The van der Waals surface area contributed by atoms with Crippen LogP contribution in [0.25, 0.3) is 11.3 Å². The molecule has 0 unspecified atom stereocenters. The number of amides is 1. The molecule has 0 atom stereocenters. The van der Waals surface area contributed by atoms with Crippen molar-refractivity contribution in [3.05, 3.63) is 71.9 Å². The fourth-order valence-corrected chi connectivity index (χ4v) is 2.97. The fourth-order valence-electron chi connectivity index (χ4n) is 2.25. The molecule has 0 fully saturated rings. The van der Waals surface area contributed by atoms with Crippen molar-refractivity contribution in [3.63, 3.8) is 0 Å². The van der Waals surface area contributed by atoms with E-state index < -0.39 is 0 Å². The fraction of sp³-hybridized carbons (Fsp3) is 0.105. The zero-order valence-corrected chi connectivity index (χ0v) is 14.2. The van der Waals surface area contributed by atoms with E-state index in [4.69, 9.17) is 5.26 Å². The first-order valence-electron chi connectivity index (χ1n) is 7.73. The predicted octanol–water partition coefficient (Wildman–Crippen LogP) is 3.36. The Morgan fingerprint density at radius 3 is 2.52 bits per heavy atom. The smallest absolute Gasteiger partial charge is 0.230 e. The van der Waals surface area contributed by atoms with Crippen LogP contribution in [0.5, 0.6) is 0 Å². The third-order valence-corrected chi connectivity index (χ3v) is 4.62. The van der Waals surface area contributed by atoms with Crippen molar-refractivity contribution in [1.29, 1.82) is 5.26 Å². The zero-order valence-electron chi connectivity index (χ0n) is 13.4. The van der Waals surface area contributed by atoms with Crippen LogP contribution >= 0.6 is 11.8 Å². The highest BCUT2D eigenvalue weighted by Crippen LogP contribution is 2.18. The molecule has 0 bridgehead atoms. The molecule has 0 aliphatic carbocycles. The first kappa shape index (κ1) is 16.8. The summed E-state index contributed by atoms with van der Waals surface area (Å²) >= 11 is 1.45. The van der Waals surface area contributed by atoms with Crippen molar-refractivity contribution >= 4 is 17.7 Å². The summed E-state index contributed by atoms with van der Waals surface area (Å²) in [7, 11) is 0. The van der Waals surface area contributed by atoms with E-state index in [9.17, 15) is 4.79 Å².